The zero-order chi connectivity index (χ0) is 14.1. The molecule has 0 amide bonds. The standard InChI is InChI=1S/C15H15N3O2/c1-10-13-4-2-3-5-14(13)17-15(16-10)11-6-8-12(9-7-11)18(19)20/h2-10,15-17H,1H3/t10-,15-/m1/s1. The van der Waals surface area contributed by atoms with Gasteiger partial charge in [0.15, 0.2) is 0 Å². The molecule has 20 heavy (non-hydrogen) atoms. The van der Waals surface area contributed by atoms with Crippen LogP contribution in [0, 0.1) is 10.1 Å². The van der Waals surface area contributed by atoms with Crippen LogP contribution in [0.25, 0.3) is 0 Å². The highest BCUT2D eigenvalue weighted by atomic mass is 16.6. The van der Waals surface area contributed by atoms with Gasteiger partial charge in [-0.1, -0.05) is 18.2 Å². The van der Waals surface area contributed by atoms with E-state index in [0.717, 1.165) is 11.3 Å². The van der Waals surface area contributed by atoms with Crippen LogP contribution in [0.4, 0.5) is 11.4 Å². The van der Waals surface area contributed by atoms with Crippen LogP contribution in [0.2, 0.25) is 0 Å². The van der Waals surface area contributed by atoms with E-state index in [9.17, 15) is 10.1 Å². The van der Waals surface area contributed by atoms with Crippen molar-refractivity contribution in [3.63, 3.8) is 0 Å². The molecule has 0 unspecified atom stereocenters. The average Bonchev–Trinajstić information content (AvgIpc) is 2.47. The van der Waals surface area contributed by atoms with Crippen LogP contribution in [-0.2, 0) is 0 Å². The van der Waals surface area contributed by atoms with Gasteiger partial charge < -0.3 is 5.32 Å². The van der Waals surface area contributed by atoms with Crippen molar-refractivity contribution in [3.05, 3.63) is 69.8 Å². The molecule has 0 aromatic heterocycles. The van der Waals surface area contributed by atoms with Crippen molar-refractivity contribution in [1.29, 1.82) is 0 Å². The summed E-state index contributed by atoms with van der Waals surface area (Å²) >= 11 is 0. The summed E-state index contributed by atoms with van der Waals surface area (Å²) in [4.78, 5) is 10.3. The molecule has 1 aliphatic heterocycles. The Morgan fingerprint density at radius 2 is 1.80 bits per heavy atom. The fourth-order valence-corrected chi connectivity index (χ4v) is 2.51. The number of nitro benzene ring substituents is 1. The molecule has 0 bridgehead atoms. The third-order valence-electron chi connectivity index (χ3n) is 3.58. The number of rotatable bonds is 2. The summed E-state index contributed by atoms with van der Waals surface area (Å²) in [6, 6.07) is 15.0. The predicted molar refractivity (Wildman–Crippen MR) is 77.5 cm³/mol. The Kier molecular flexibility index (Phi) is 3.12. The third-order valence-corrected chi connectivity index (χ3v) is 3.58. The quantitative estimate of drug-likeness (QED) is 0.648. The van der Waals surface area contributed by atoms with Crippen molar-refractivity contribution in [3.8, 4) is 0 Å². The minimum absolute atomic E-state index is 0.0410. The van der Waals surface area contributed by atoms with Gasteiger partial charge in [-0.15, -0.1) is 0 Å². The molecule has 0 fully saturated rings. The van der Waals surface area contributed by atoms with Gasteiger partial charge in [-0.05, 0) is 36.2 Å². The van der Waals surface area contributed by atoms with Crippen molar-refractivity contribution < 1.29 is 4.92 Å². The van der Waals surface area contributed by atoms with Gasteiger partial charge in [-0.25, -0.2) is 0 Å². The Balaban J connectivity index is 1.88. The van der Waals surface area contributed by atoms with Crippen molar-refractivity contribution in [1.82, 2.24) is 5.32 Å². The summed E-state index contributed by atoms with van der Waals surface area (Å²) in [6.07, 6.45) is -0.0410. The summed E-state index contributed by atoms with van der Waals surface area (Å²) in [5.41, 5.74) is 3.42. The molecular formula is C15H15N3O2. The summed E-state index contributed by atoms with van der Waals surface area (Å²) in [7, 11) is 0. The first-order valence-electron chi connectivity index (χ1n) is 6.51. The van der Waals surface area contributed by atoms with Crippen LogP contribution >= 0.6 is 0 Å². The average molecular weight is 269 g/mol. The Morgan fingerprint density at radius 1 is 1.10 bits per heavy atom. The van der Waals surface area contributed by atoms with Gasteiger partial charge in [0.05, 0.1) is 4.92 Å². The number of fused-ring (bicyclic) bond motifs is 1. The fourth-order valence-electron chi connectivity index (χ4n) is 2.51. The summed E-state index contributed by atoms with van der Waals surface area (Å²) < 4.78 is 0. The maximum atomic E-state index is 10.7. The predicted octanol–water partition coefficient (Wildman–Crippen LogP) is 3.37. The molecule has 2 aromatic rings. The lowest BCUT2D eigenvalue weighted by atomic mass is 10.0. The van der Waals surface area contributed by atoms with Crippen molar-refractivity contribution >= 4 is 11.4 Å². The maximum Gasteiger partial charge on any atom is 0.269 e. The minimum atomic E-state index is -0.385. The van der Waals surface area contributed by atoms with E-state index >= 15 is 0 Å². The van der Waals surface area contributed by atoms with Gasteiger partial charge in [0.1, 0.15) is 6.17 Å². The monoisotopic (exact) mass is 269 g/mol. The second-order valence-corrected chi connectivity index (χ2v) is 4.90. The van der Waals surface area contributed by atoms with E-state index in [0.29, 0.717) is 0 Å². The largest absolute Gasteiger partial charge is 0.366 e. The van der Waals surface area contributed by atoms with E-state index in [1.807, 2.05) is 18.2 Å². The van der Waals surface area contributed by atoms with E-state index in [1.165, 1.54) is 17.7 Å². The molecule has 0 saturated heterocycles. The number of para-hydroxylation sites is 1. The first kappa shape index (κ1) is 12.6. The number of hydrogen-bond donors (Lipinski definition) is 2. The number of nitrogens with zero attached hydrogens (tertiary/aromatic N) is 1. The summed E-state index contributed by atoms with van der Waals surface area (Å²) in [6.45, 7) is 2.11. The van der Waals surface area contributed by atoms with Gasteiger partial charge >= 0.3 is 0 Å². The van der Waals surface area contributed by atoms with Crippen molar-refractivity contribution in [2.24, 2.45) is 0 Å². The molecule has 5 nitrogen and oxygen atoms in total. The highest BCUT2D eigenvalue weighted by Crippen LogP contribution is 2.32. The SMILES string of the molecule is C[C@H]1N[C@@H](c2ccc([N+](=O)[O-])cc2)Nc2ccccc21. The van der Waals surface area contributed by atoms with Crippen LogP contribution in [0.15, 0.2) is 48.5 Å². The lowest BCUT2D eigenvalue weighted by molar-refractivity contribution is -0.384. The number of benzene rings is 2. The molecule has 0 aliphatic carbocycles. The van der Waals surface area contributed by atoms with Gasteiger partial charge in [-0.2, -0.15) is 0 Å². The second-order valence-electron chi connectivity index (χ2n) is 4.90. The first-order valence-corrected chi connectivity index (χ1v) is 6.51. The minimum Gasteiger partial charge on any atom is -0.366 e. The molecule has 1 heterocycles. The third kappa shape index (κ3) is 2.23. The number of nitrogens with one attached hydrogen (secondary N) is 2. The van der Waals surface area contributed by atoms with E-state index < -0.39 is 0 Å². The number of nitro groups is 1. The number of anilines is 1. The maximum absolute atomic E-state index is 10.7. The zero-order valence-electron chi connectivity index (χ0n) is 11.0. The van der Waals surface area contributed by atoms with Gasteiger partial charge in [0, 0.05) is 23.9 Å². The van der Waals surface area contributed by atoms with E-state index in [4.69, 9.17) is 0 Å². The molecule has 0 saturated carbocycles. The Labute approximate surface area is 116 Å². The lowest BCUT2D eigenvalue weighted by Gasteiger charge is -2.33. The Bertz CT molecular complexity index is 640. The Morgan fingerprint density at radius 3 is 2.50 bits per heavy atom. The molecule has 0 radical (unpaired) electrons. The Hall–Kier alpha value is -2.40. The summed E-state index contributed by atoms with van der Waals surface area (Å²) in [5, 5.41) is 17.5. The molecule has 102 valence electrons. The number of hydrogen-bond acceptors (Lipinski definition) is 4. The molecular weight excluding hydrogens is 254 g/mol. The van der Waals surface area contributed by atoms with Crippen LogP contribution in [-0.4, -0.2) is 4.92 Å². The van der Waals surface area contributed by atoms with E-state index in [2.05, 4.69) is 23.6 Å². The fraction of sp³-hybridized carbons (Fsp3) is 0.200. The van der Waals surface area contributed by atoms with E-state index in [1.54, 1.807) is 12.1 Å². The molecule has 5 heteroatoms. The zero-order valence-corrected chi connectivity index (χ0v) is 11.0. The highest BCUT2D eigenvalue weighted by Gasteiger charge is 2.23. The normalized spacial score (nSPS) is 20.9. The molecule has 3 rings (SSSR count). The number of non-ortho nitro benzene ring substituents is 1. The molecule has 2 aromatic carbocycles. The first-order chi connectivity index (χ1) is 9.65. The van der Waals surface area contributed by atoms with E-state index in [-0.39, 0.29) is 22.8 Å². The van der Waals surface area contributed by atoms with Crippen LogP contribution in [0.5, 0.6) is 0 Å². The molecule has 1 aliphatic rings. The van der Waals surface area contributed by atoms with Gasteiger partial charge in [0.2, 0.25) is 0 Å². The molecule has 0 spiro atoms. The van der Waals surface area contributed by atoms with Crippen LogP contribution in [0.1, 0.15) is 30.3 Å². The van der Waals surface area contributed by atoms with Gasteiger partial charge in [-0.3, -0.25) is 15.4 Å². The smallest absolute Gasteiger partial charge is 0.269 e. The van der Waals surface area contributed by atoms with Crippen LogP contribution < -0.4 is 10.6 Å². The van der Waals surface area contributed by atoms with Crippen molar-refractivity contribution in [2.45, 2.75) is 19.1 Å². The topological polar surface area (TPSA) is 67.2 Å². The molecule has 2 N–H and O–H groups in total. The lowest BCUT2D eigenvalue weighted by Crippen LogP contribution is -2.35. The highest BCUT2D eigenvalue weighted by molar-refractivity contribution is 5.56. The molecule has 2 atom stereocenters. The van der Waals surface area contributed by atoms with Crippen LogP contribution in [0.3, 0.4) is 0 Å². The summed E-state index contributed by atoms with van der Waals surface area (Å²) in [5.74, 6) is 0. The van der Waals surface area contributed by atoms with Gasteiger partial charge in [0.25, 0.3) is 5.69 Å². The van der Waals surface area contributed by atoms with Crippen molar-refractivity contribution in [2.75, 3.05) is 5.32 Å². The second kappa shape index (κ2) is 4.94.